The molecule has 1 N–H and O–H groups in total. The van der Waals surface area contributed by atoms with Gasteiger partial charge in [-0.25, -0.2) is 0 Å². The lowest BCUT2D eigenvalue weighted by molar-refractivity contribution is -0.0811. The lowest BCUT2D eigenvalue weighted by atomic mass is 9.81. The molecule has 1 saturated heterocycles. The van der Waals surface area contributed by atoms with Gasteiger partial charge in [0, 0.05) is 12.1 Å². The van der Waals surface area contributed by atoms with E-state index in [4.69, 9.17) is 9.47 Å². The van der Waals surface area contributed by atoms with Gasteiger partial charge in [0.1, 0.15) is 0 Å². The summed E-state index contributed by atoms with van der Waals surface area (Å²) < 4.78 is 11.8. The van der Waals surface area contributed by atoms with Crippen LogP contribution in [0.15, 0.2) is 30.3 Å². The molecule has 110 valence electrons. The van der Waals surface area contributed by atoms with Crippen LogP contribution >= 0.6 is 0 Å². The van der Waals surface area contributed by atoms with Crippen LogP contribution in [0.4, 0.5) is 0 Å². The lowest BCUT2D eigenvalue weighted by Crippen LogP contribution is -2.58. The summed E-state index contributed by atoms with van der Waals surface area (Å²) in [6.07, 6.45) is 6.80. The summed E-state index contributed by atoms with van der Waals surface area (Å²) >= 11 is 0. The van der Waals surface area contributed by atoms with Crippen molar-refractivity contribution in [3.05, 3.63) is 35.9 Å². The van der Waals surface area contributed by atoms with Gasteiger partial charge in [0.25, 0.3) is 0 Å². The molecule has 2 aliphatic rings. The zero-order valence-corrected chi connectivity index (χ0v) is 12.1. The summed E-state index contributed by atoms with van der Waals surface area (Å²) in [5.74, 6) is 0. The van der Waals surface area contributed by atoms with Crippen molar-refractivity contribution in [2.45, 2.75) is 50.4 Å². The maximum Gasteiger partial charge on any atom is 0.0933 e. The summed E-state index contributed by atoms with van der Waals surface area (Å²) in [6, 6.07) is 10.3. The minimum Gasteiger partial charge on any atom is -0.374 e. The molecule has 0 bridgehead atoms. The average Bonchev–Trinajstić information content (AvgIpc) is 2.52. The molecular formula is C17H25NO2. The fraction of sp³-hybridized carbons (Fsp3) is 0.647. The summed E-state index contributed by atoms with van der Waals surface area (Å²) in [4.78, 5) is 0. The van der Waals surface area contributed by atoms with Crippen molar-refractivity contribution < 1.29 is 9.47 Å². The standard InChI is InChI=1S/C17H25NO2/c1-3-7-15(8-4-1)12-19-13-16-11-18-17(14-20-16)9-5-2-6-10-17/h1,3-4,7-8,16,18H,2,5-6,9-14H2. The van der Waals surface area contributed by atoms with E-state index in [0.717, 1.165) is 13.2 Å². The molecule has 1 aliphatic heterocycles. The van der Waals surface area contributed by atoms with Gasteiger partial charge < -0.3 is 14.8 Å². The highest BCUT2D eigenvalue weighted by Gasteiger charge is 2.36. The summed E-state index contributed by atoms with van der Waals surface area (Å²) in [5, 5.41) is 3.73. The van der Waals surface area contributed by atoms with Crippen molar-refractivity contribution in [1.29, 1.82) is 0 Å². The van der Waals surface area contributed by atoms with Gasteiger partial charge in [0.05, 0.1) is 25.9 Å². The molecule has 1 spiro atoms. The Morgan fingerprint density at radius 2 is 1.95 bits per heavy atom. The van der Waals surface area contributed by atoms with Crippen LogP contribution in [0.3, 0.4) is 0 Å². The molecule has 1 aliphatic carbocycles. The normalized spacial score (nSPS) is 25.7. The first kappa shape index (κ1) is 14.1. The Labute approximate surface area is 121 Å². The fourth-order valence-electron chi connectivity index (χ4n) is 3.26. The SMILES string of the molecule is c1ccc(COCC2CNC3(CCCCC3)CO2)cc1. The zero-order valence-electron chi connectivity index (χ0n) is 12.1. The van der Waals surface area contributed by atoms with E-state index >= 15 is 0 Å². The molecule has 0 aromatic heterocycles. The second-order valence-corrected chi connectivity index (χ2v) is 6.16. The fourth-order valence-corrected chi connectivity index (χ4v) is 3.26. The second-order valence-electron chi connectivity index (χ2n) is 6.16. The number of hydrogen-bond acceptors (Lipinski definition) is 3. The van der Waals surface area contributed by atoms with Crippen LogP contribution in [-0.2, 0) is 16.1 Å². The van der Waals surface area contributed by atoms with Crippen LogP contribution in [0.2, 0.25) is 0 Å². The maximum absolute atomic E-state index is 6.02. The van der Waals surface area contributed by atoms with Crippen molar-refractivity contribution in [1.82, 2.24) is 5.32 Å². The average molecular weight is 275 g/mol. The largest absolute Gasteiger partial charge is 0.374 e. The van der Waals surface area contributed by atoms with E-state index < -0.39 is 0 Å². The molecule has 3 nitrogen and oxygen atoms in total. The molecule has 0 radical (unpaired) electrons. The molecule has 1 heterocycles. The number of benzene rings is 1. The van der Waals surface area contributed by atoms with Crippen LogP contribution in [-0.4, -0.2) is 31.4 Å². The molecule has 3 rings (SSSR count). The van der Waals surface area contributed by atoms with Gasteiger partial charge in [-0.2, -0.15) is 0 Å². The number of ether oxygens (including phenoxy) is 2. The first-order valence-electron chi connectivity index (χ1n) is 7.85. The highest BCUT2D eigenvalue weighted by atomic mass is 16.5. The van der Waals surface area contributed by atoms with E-state index in [0.29, 0.717) is 13.2 Å². The number of nitrogens with one attached hydrogen (secondary N) is 1. The Hall–Kier alpha value is -0.900. The number of morpholine rings is 1. The molecule has 1 unspecified atom stereocenters. The van der Waals surface area contributed by atoms with Gasteiger partial charge in [-0.05, 0) is 18.4 Å². The van der Waals surface area contributed by atoms with Gasteiger partial charge in [-0.1, -0.05) is 49.6 Å². The first-order valence-corrected chi connectivity index (χ1v) is 7.85. The molecule has 1 aromatic rings. The van der Waals surface area contributed by atoms with E-state index in [2.05, 4.69) is 17.4 Å². The van der Waals surface area contributed by atoms with Crippen LogP contribution in [0, 0.1) is 0 Å². The molecule has 1 atom stereocenters. The van der Waals surface area contributed by atoms with Gasteiger partial charge in [0.2, 0.25) is 0 Å². The van der Waals surface area contributed by atoms with Crippen LogP contribution in [0.1, 0.15) is 37.7 Å². The van der Waals surface area contributed by atoms with Crippen LogP contribution in [0.25, 0.3) is 0 Å². The third-order valence-corrected chi connectivity index (χ3v) is 4.53. The van der Waals surface area contributed by atoms with E-state index in [-0.39, 0.29) is 11.6 Å². The maximum atomic E-state index is 6.02. The lowest BCUT2D eigenvalue weighted by Gasteiger charge is -2.43. The van der Waals surface area contributed by atoms with Crippen molar-refractivity contribution in [2.24, 2.45) is 0 Å². The first-order chi connectivity index (χ1) is 9.86. The summed E-state index contributed by atoms with van der Waals surface area (Å²) in [7, 11) is 0. The Bertz CT molecular complexity index is 391. The minimum absolute atomic E-state index is 0.200. The van der Waals surface area contributed by atoms with Crippen molar-refractivity contribution >= 4 is 0 Å². The van der Waals surface area contributed by atoms with E-state index in [1.165, 1.54) is 37.7 Å². The molecular weight excluding hydrogens is 250 g/mol. The topological polar surface area (TPSA) is 30.5 Å². The second kappa shape index (κ2) is 6.70. The molecule has 1 saturated carbocycles. The predicted octanol–water partition coefficient (Wildman–Crippen LogP) is 2.89. The predicted molar refractivity (Wildman–Crippen MR) is 79.7 cm³/mol. The molecule has 2 fully saturated rings. The van der Waals surface area contributed by atoms with Gasteiger partial charge in [0.15, 0.2) is 0 Å². The number of hydrogen-bond donors (Lipinski definition) is 1. The van der Waals surface area contributed by atoms with Crippen LogP contribution in [0.5, 0.6) is 0 Å². The quantitative estimate of drug-likeness (QED) is 0.916. The van der Waals surface area contributed by atoms with Gasteiger partial charge >= 0.3 is 0 Å². The summed E-state index contributed by atoms with van der Waals surface area (Å²) in [5.41, 5.74) is 1.49. The van der Waals surface area contributed by atoms with Crippen molar-refractivity contribution in [2.75, 3.05) is 19.8 Å². The third-order valence-electron chi connectivity index (χ3n) is 4.53. The van der Waals surface area contributed by atoms with E-state index in [1.54, 1.807) is 0 Å². The van der Waals surface area contributed by atoms with Gasteiger partial charge in [-0.15, -0.1) is 0 Å². The molecule has 20 heavy (non-hydrogen) atoms. The Kier molecular flexibility index (Phi) is 4.71. The smallest absolute Gasteiger partial charge is 0.0933 e. The Morgan fingerprint density at radius 3 is 2.65 bits per heavy atom. The molecule has 0 amide bonds. The highest BCUT2D eigenvalue weighted by Crippen LogP contribution is 2.30. The highest BCUT2D eigenvalue weighted by molar-refractivity contribution is 5.13. The van der Waals surface area contributed by atoms with E-state index in [1.807, 2.05) is 18.2 Å². The molecule has 3 heteroatoms. The third kappa shape index (κ3) is 3.60. The number of rotatable bonds is 4. The molecule has 1 aromatic carbocycles. The van der Waals surface area contributed by atoms with Crippen molar-refractivity contribution in [3.8, 4) is 0 Å². The van der Waals surface area contributed by atoms with E-state index in [9.17, 15) is 0 Å². The zero-order chi connectivity index (χ0) is 13.7. The minimum atomic E-state index is 0.200. The Morgan fingerprint density at radius 1 is 1.15 bits per heavy atom. The van der Waals surface area contributed by atoms with Crippen molar-refractivity contribution in [3.63, 3.8) is 0 Å². The Balaban J connectivity index is 1.38. The monoisotopic (exact) mass is 275 g/mol. The van der Waals surface area contributed by atoms with Gasteiger partial charge in [-0.3, -0.25) is 0 Å². The summed E-state index contributed by atoms with van der Waals surface area (Å²) in [6.45, 7) is 3.13. The van der Waals surface area contributed by atoms with Crippen LogP contribution < -0.4 is 5.32 Å².